The van der Waals surface area contributed by atoms with Gasteiger partial charge in [0.05, 0.1) is 5.69 Å². The Bertz CT molecular complexity index is 788. The van der Waals surface area contributed by atoms with Crippen LogP contribution in [-0.4, -0.2) is 29.4 Å². The van der Waals surface area contributed by atoms with Crippen molar-refractivity contribution < 1.29 is 27.4 Å². The number of halogens is 4. The number of nitrogens with two attached hydrogens (primary N) is 1. The average molecular weight is 356 g/mol. The van der Waals surface area contributed by atoms with Crippen LogP contribution in [0.4, 0.5) is 17.6 Å². The number of alkyl halides is 3. The number of aromatic nitrogens is 1. The first-order chi connectivity index (χ1) is 11.6. The zero-order chi connectivity index (χ0) is 18.4. The van der Waals surface area contributed by atoms with Gasteiger partial charge in [0.2, 0.25) is 0 Å². The molecule has 2 atom stereocenters. The van der Waals surface area contributed by atoms with Crippen LogP contribution in [0.2, 0.25) is 0 Å². The first-order valence-electron chi connectivity index (χ1n) is 7.57. The van der Waals surface area contributed by atoms with Crippen molar-refractivity contribution in [3.63, 3.8) is 0 Å². The number of benzene rings is 1. The smallest absolute Gasteiger partial charge is 0.399 e. The van der Waals surface area contributed by atoms with Crippen LogP contribution < -0.4 is 10.5 Å². The molecule has 25 heavy (non-hydrogen) atoms. The Morgan fingerprint density at radius 1 is 1.28 bits per heavy atom. The molecule has 2 heterocycles. The summed E-state index contributed by atoms with van der Waals surface area (Å²) in [5.74, 6) is -2.32. The number of nitrogens with zero attached hydrogens (tertiary/aromatic N) is 1. The quantitative estimate of drug-likeness (QED) is 0.830. The molecule has 4 nitrogen and oxygen atoms in total. The predicted octanol–water partition coefficient (Wildman–Crippen LogP) is 3.09. The minimum Gasteiger partial charge on any atom is -0.490 e. The summed E-state index contributed by atoms with van der Waals surface area (Å²) < 4.78 is 58.3. The van der Waals surface area contributed by atoms with E-state index in [2.05, 4.69) is 4.98 Å². The van der Waals surface area contributed by atoms with Crippen molar-refractivity contribution >= 4 is 0 Å². The molecule has 1 aliphatic heterocycles. The van der Waals surface area contributed by atoms with Gasteiger partial charge in [-0.25, -0.2) is 9.37 Å². The Morgan fingerprint density at radius 3 is 2.48 bits per heavy atom. The topological polar surface area (TPSA) is 68.4 Å². The van der Waals surface area contributed by atoms with Gasteiger partial charge in [0.1, 0.15) is 35.4 Å². The third-order valence-electron chi connectivity index (χ3n) is 4.23. The van der Waals surface area contributed by atoms with Gasteiger partial charge in [0.15, 0.2) is 0 Å². The van der Waals surface area contributed by atoms with Crippen molar-refractivity contribution in [2.45, 2.75) is 24.6 Å². The number of hydrogen-bond acceptors (Lipinski definition) is 4. The molecule has 0 radical (unpaired) electrons. The van der Waals surface area contributed by atoms with E-state index in [0.717, 1.165) is 0 Å². The number of rotatable bonds is 3. The Labute approximate surface area is 141 Å². The second kappa shape index (κ2) is 5.96. The SMILES string of the molecule is C[C@](O)(CN)c1cc2c(c(-c3ccc(F)cc3)n1)OCC2C(F)(F)F. The maximum atomic E-state index is 13.3. The van der Waals surface area contributed by atoms with E-state index in [1.165, 1.54) is 37.3 Å². The number of pyridine rings is 1. The van der Waals surface area contributed by atoms with Gasteiger partial charge in [-0.15, -0.1) is 0 Å². The van der Waals surface area contributed by atoms with Gasteiger partial charge < -0.3 is 15.6 Å². The lowest BCUT2D eigenvalue weighted by Gasteiger charge is -2.23. The first kappa shape index (κ1) is 17.6. The Kier molecular flexibility index (Phi) is 4.20. The van der Waals surface area contributed by atoms with Gasteiger partial charge >= 0.3 is 6.18 Å². The summed E-state index contributed by atoms with van der Waals surface area (Å²) in [7, 11) is 0. The average Bonchev–Trinajstić information content (AvgIpc) is 2.99. The molecule has 0 saturated carbocycles. The van der Waals surface area contributed by atoms with Crippen molar-refractivity contribution in [3.05, 3.63) is 47.4 Å². The van der Waals surface area contributed by atoms with Crippen LogP contribution in [0.3, 0.4) is 0 Å². The molecule has 0 amide bonds. The van der Waals surface area contributed by atoms with Crippen molar-refractivity contribution in [2.75, 3.05) is 13.2 Å². The van der Waals surface area contributed by atoms with E-state index >= 15 is 0 Å². The Balaban J connectivity index is 2.23. The summed E-state index contributed by atoms with van der Waals surface area (Å²) in [6.07, 6.45) is -4.50. The van der Waals surface area contributed by atoms with E-state index in [-0.39, 0.29) is 29.2 Å². The molecule has 1 aromatic carbocycles. The zero-order valence-corrected chi connectivity index (χ0v) is 13.3. The lowest BCUT2D eigenvalue weighted by Crippen LogP contribution is -2.32. The standard InChI is InChI=1S/C17H16F4N2O2/c1-16(24,8-22)13-6-11-12(17(19,20)21)7-25-15(11)14(23-13)9-2-4-10(18)5-3-9/h2-6,12,24H,7-8,22H2,1H3/t12?,16-/m0/s1. The van der Waals surface area contributed by atoms with Gasteiger partial charge in [-0.05, 0) is 37.3 Å². The van der Waals surface area contributed by atoms with Crippen molar-refractivity contribution in [1.29, 1.82) is 0 Å². The van der Waals surface area contributed by atoms with Crippen molar-refractivity contribution in [3.8, 4) is 17.0 Å². The lowest BCUT2D eigenvalue weighted by atomic mass is 9.93. The van der Waals surface area contributed by atoms with Crippen LogP contribution in [-0.2, 0) is 5.60 Å². The Morgan fingerprint density at radius 2 is 1.92 bits per heavy atom. The van der Waals surface area contributed by atoms with E-state index in [1.807, 2.05) is 0 Å². The highest BCUT2D eigenvalue weighted by atomic mass is 19.4. The van der Waals surface area contributed by atoms with E-state index in [1.54, 1.807) is 0 Å². The van der Waals surface area contributed by atoms with Crippen LogP contribution >= 0.6 is 0 Å². The van der Waals surface area contributed by atoms with Crippen molar-refractivity contribution in [2.24, 2.45) is 5.73 Å². The molecular weight excluding hydrogens is 340 g/mol. The maximum absolute atomic E-state index is 13.3. The summed E-state index contributed by atoms with van der Waals surface area (Å²) >= 11 is 0. The lowest BCUT2D eigenvalue weighted by molar-refractivity contribution is -0.151. The molecule has 0 fully saturated rings. The monoisotopic (exact) mass is 356 g/mol. The van der Waals surface area contributed by atoms with Gasteiger partial charge in [0, 0.05) is 17.7 Å². The van der Waals surface area contributed by atoms with Crippen LogP contribution in [0.25, 0.3) is 11.3 Å². The van der Waals surface area contributed by atoms with E-state index in [0.29, 0.717) is 5.56 Å². The molecule has 0 bridgehead atoms. The molecule has 1 unspecified atom stereocenters. The number of ether oxygens (including phenoxy) is 1. The molecule has 1 aromatic heterocycles. The summed E-state index contributed by atoms with van der Waals surface area (Å²) in [6, 6.07) is 6.31. The van der Waals surface area contributed by atoms with Crippen LogP contribution in [0.1, 0.15) is 24.1 Å². The van der Waals surface area contributed by atoms with Gasteiger partial charge in [-0.1, -0.05) is 0 Å². The van der Waals surface area contributed by atoms with Crippen LogP contribution in [0.15, 0.2) is 30.3 Å². The van der Waals surface area contributed by atoms with Crippen LogP contribution in [0.5, 0.6) is 5.75 Å². The van der Waals surface area contributed by atoms with Crippen molar-refractivity contribution in [1.82, 2.24) is 4.98 Å². The summed E-state index contributed by atoms with van der Waals surface area (Å²) in [5.41, 5.74) is 4.32. The fourth-order valence-corrected chi connectivity index (χ4v) is 2.67. The zero-order valence-electron chi connectivity index (χ0n) is 13.3. The predicted molar refractivity (Wildman–Crippen MR) is 82.5 cm³/mol. The Hall–Kier alpha value is -2.19. The molecule has 8 heteroatoms. The second-order valence-corrected chi connectivity index (χ2v) is 6.16. The second-order valence-electron chi connectivity index (χ2n) is 6.16. The molecule has 1 aliphatic rings. The normalized spacial score (nSPS) is 19.2. The molecule has 0 saturated heterocycles. The third kappa shape index (κ3) is 3.19. The number of hydrogen-bond donors (Lipinski definition) is 2. The molecule has 0 spiro atoms. The summed E-state index contributed by atoms with van der Waals surface area (Å²) in [6.45, 7) is 0.580. The highest BCUT2D eigenvalue weighted by Gasteiger charge is 2.47. The fraction of sp³-hybridized carbons (Fsp3) is 0.353. The molecule has 2 aromatic rings. The summed E-state index contributed by atoms with van der Waals surface area (Å²) in [4.78, 5) is 4.26. The number of aliphatic hydroxyl groups is 1. The van der Waals surface area contributed by atoms with E-state index in [4.69, 9.17) is 10.5 Å². The molecule has 3 N–H and O–H groups in total. The van der Waals surface area contributed by atoms with Gasteiger partial charge in [0.25, 0.3) is 0 Å². The van der Waals surface area contributed by atoms with Gasteiger partial charge in [-0.2, -0.15) is 13.2 Å². The first-order valence-corrected chi connectivity index (χ1v) is 7.57. The highest BCUT2D eigenvalue weighted by molar-refractivity contribution is 5.70. The minimum atomic E-state index is -4.50. The molecular formula is C17H16F4N2O2. The number of fused-ring (bicyclic) bond motifs is 1. The molecule has 134 valence electrons. The third-order valence-corrected chi connectivity index (χ3v) is 4.23. The van der Waals surface area contributed by atoms with E-state index < -0.39 is 30.1 Å². The minimum absolute atomic E-state index is 0.00725. The van der Waals surface area contributed by atoms with Gasteiger partial charge in [-0.3, -0.25) is 0 Å². The highest BCUT2D eigenvalue weighted by Crippen LogP contribution is 2.48. The summed E-state index contributed by atoms with van der Waals surface area (Å²) in [5, 5.41) is 10.4. The maximum Gasteiger partial charge on any atom is 0.399 e. The van der Waals surface area contributed by atoms with Crippen LogP contribution in [0, 0.1) is 5.82 Å². The molecule has 3 rings (SSSR count). The van der Waals surface area contributed by atoms with E-state index in [9.17, 15) is 22.7 Å². The largest absolute Gasteiger partial charge is 0.490 e. The fourth-order valence-electron chi connectivity index (χ4n) is 2.67. The molecule has 0 aliphatic carbocycles.